The summed E-state index contributed by atoms with van der Waals surface area (Å²) < 4.78 is 0. The van der Waals surface area contributed by atoms with Crippen LogP contribution in [0.4, 0.5) is 0 Å². The summed E-state index contributed by atoms with van der Waals surface area (Å²) >= 11 is 0. The molecule has 0 aliphatic carbocycles. The van der Waals surface area contributed by atoms with Gasteiger partial charge in [-0.3, -0.25) is 0 Å². The van der Waals surface area contributed by atoms with Crippen molar-refractivity contribution in [1.29, 1.82) is 0 Å². The Hall–Kier alpha value is -2.34. The molecule has 0 bridgehead atoms. The highest BCUT2D eigenvalue weighted by atomic mass is 14.3. The summed E-state index contributed by atoms with van der Waals surface area (Å²) in [6, 6.07) is 23.8. The van der Waals surface area contributed by atoms with Gasteiger partial charge in [-0.15, -0.1) is 0 Å². The van der Waals surface area contributed by atoms with E-state index in [9.17, 15) is 0 Å². The second-order valence-electron chi connectivity index (χ2n) is 15.4. The van der Waals surface area contributed by atoms with E-state index in [1.54, 1.807) is 0 Å². The topological polar surface area (TPSA) is 0 Å². The zero-order valence-corrected chi connectivity index (χ0v) is 29.8. The quantitative estimate of drug-likeness (QED) is 0.216. The first kappa shape index (κ1) is 35.9. The molecule has 0 nitrogen and oxygen atoms in total. The van der Waals surface area contributed by atoms with Crippen molar-refractivity contribution in [3.8, 4) is 11.1 Å². The second-order valence-corrected chi connectivity index (χ2v) is 15.4. The molecule has 3 aromatic rings. The monoisotopic (exact) mass is 569 g/mol. The highest BCUT2D eigenvalue weighted by Crippen LogP contribution is 2.41. The molecule has 3 rings (SSSR count). The molecule has 0 aliphatic heterocycles. The Morgan fingerprint density at radius 2 is 1.14 bits per heavy atom. The zero-order chi connectivity index (χ0) is 31.7. The van der Waals surface area contributed by atoms with Gasteiger partial charge in [-0.2, -0.15) is 0 Å². The first-order valence-corrected chi connectivity index (χ1v) is 16.9. The van der Waals surface area contributed by atoms with Crippen LogP contribution in [-0.4, -0.2) is 0 Å². The highest BCUT2D eigenvalue weighted by molar-refractivity contribution is 5.68. The molecule has 232 valence electrons. The van der Waals surface area contributed by atoms with Gasteiger partial charge < -0.3 is 0 Å². The molecule has 3 aromatic carbocycles. The molecule has 0 radical (unpaired) electrons. The molecule has 0 fully saturated rings. The molecule has 0 saturated carbocycles. The minimum absolute atomic E-state index is 0.0505. The Kier molecular flexibility index (Phi) is 13.2. The highest BCUT2D eigenvalue weighted by Gasteiger charge is 2.31. The average molecular weight is 569 g/mol. The van der Waals surface area contributed by atoms with E-state index in [4.69, 9.17) is 0 Å². The van der Waals surface area contributed by atoms with E-state index in [-0.39, 0.29) is 5.41 Å². The Bertz CT molecular complexity index is 1220. The fourth-order valence-electron chi connectivity index (χ4n) is 6.51. The lowest BCUT2D eigenvalue weighted by Crippen LogP contribution is -2.26. The summed E-state index contributed by atoms with van der Waals surface area (Å²) in [5.41, 5.74) is 12.3. The third kappa shape index (κ3) is 9.86. The van der Waals surface area contributed by atoms with Gasteiger partial charge in [-0.05, 0) is 107 Å². The van der Waals surface area contributed by atoms with Crippen LogP contribution in [0.5, 0.6) is 0 Å². The van der Waals surface area contributed by atoms with E-state index in [2.05, 4.69) is 151 Å². The van der Waals surface area contributed by atoms with Crippen molar-refractivity contribution in [1.82, 2.24) is 0 Å². The maximum Gasteiger partial charge on any atom is 0.0197 e. The minimum atomic E-state index is 0.0505. The van der Waals surface area contributed by atoms with Crippen molar-refractivity contribution in [2.75, 3.05) is 0 Å². The van der Waals surface area contributed by atoms with Gasteiger partial charge in [0.2, 0.25) is 0 Å². The minimum Gasteiger partial charge on any atom is -0.0651 e. The molecule has 0 heteroatoms. The SMILES string of the molecule is CC(C)(C)C.CCCc1ccc(-c2ccc(C(CC)(CC)c3ccc(CCC(CC)C(C)(C)C)c(C)c3)cc2C)cc1. The summed E-state index contributed by atoms with van der Waals surface area (Å²) in [6.07, 6.45) is 8.27. The van der Waals surface area contributed by atoms with Crippen LogP contribution in [0.25, 0.3) is 11.1 Å². The Morgan fingerprint density at radius 3 is 1.57 bits per heavy atom. The summed E-state index contributed by atoms with van der Waals surface area (Å²) in [7, 11) is 0. The average Bonchev–Trinajstić information content (AvgIpc) is 2.90. The summed E-state index contributed by atoms with van der Waals surface area (Å²) in [5, 5.41) is 0. The van der Waals surface area contributed by atoms with Crippen LogP contribution in [-0.2, 0) is 18.3 Å². The molecule has 0 aromatic heterocycles. The predicted octanol–water partition coefficient (Wildman–Crippen LogP) is 13.1. The normalized spacial score (nSPS) is 13.0. The van der Waals surface area contributed by atoms with Crippen LogP contribution in [0.3, 0.4) is 0 Å². The first-order valence-electron chi connectivity index (χ1n) is 16.9. The van der Waals surface area contributed by atoms with Gasteiger partial charge in [0.1, 0.15) is 0 Å². The van der Waals surface area contributed by atoms with Crippen molar-refractivity contribution >= 4 is 0 Å². The van der Waals surface area contributed by atoms with Gasteiger partial charge in [0.05, 0.1) is 0 Å². The van der Waals surface area contributed by atoms with Crippen LogP contribution in [0.1, 0.15) is 142 Å². The molecule has 1 atom stereocenters. The molecular weight excluding hydrogens is 504 g/mol. The third-order valence-electron chi connectivity index (χ3n) is 9.16. The van der Waals surface area contributed by atoms with Crippen molar-refractivity contribution in [2.45, 2.75) is 140 Å². The molecule has 0 heterocycles. The van der Waals surface area contributed by atoms with Crippen LogP contribution >= 0.6 is 0 Å². The van der Waals surface area contributed by atoms with Crippen molar-refractivity contribution in [2.24, 2.45) is 16.7 Å². The van der Waals surface area contributed by atoms with E-state index >= 15 is 0 Å². The van der Waals surface area contributed by atoms with Crippen molar-refractivity contribution in [3.05, 3.63) is 94.0 Å². The molecular formula is C42H64. The Balaban J connectivity index is 0.00000113. The molecule has 0 aliphatic rings. The molecule has 0 spiro atoms. The van der Waals surface area contributed by atoms with Crippen molar-refractivity contribution in [3.63, 3.8) is 0 Å². The van der Waals surface area contributed by atoms with Gasteiger partial charge in [0.25, 0.3) is 0 Å². The van der Waals surface area contributed by atoms with Crippen LogP contribution in [0.15, 0.2) is 60.7 Å². The third-order valence-corrected chi connectivity index (χ3v) is 9.16. The maximum absolute atomic E-state index is 2.50. The molecule has 0 N–H and O–H groups in total. The number of rotatable bonds is 11. The van der Waals surface area contributed by atoms with E-state index in [0.717, 1.165) is 25.2 Å². The Morgan fingerprint density at radius 1 is 0.619 bits per heavy atom. The van der Waals surface area contributed by atoms with E-state index in [1.165, 1.54) is 70.2 Å². The summed E-state index contributed by atoms with van der Waals surface area (Å²) in [6.45, 7) is 29.8. The van der Waals surface area contributed by atoms with Crippen LogP contribution in [0, 0.1) is 30.6 Å². The summed E-state index contributed by atoms with van der Waals surface area (Å²) in [4.78, 5) is 0. The first-order chi connectivity index (χ1) is 19.6. The largest absolute Gasteiger partial charge is 0.0651 e. The van der Waals surface area contributed by atoms with Crippen LogP contribution < -0.4 is 0 Å². The predicted molar refractivity (Wildman–Crippen MR) is 190 cm³/mol. The smallest absolute Gasteiger partial charge is 0.0197 e. The number of aryl methyl sites for hydroxylation is 4. The summed E-state index contributed by atoms with van der Waals surface area (Å²) in [5.74, 6) is 0.765. The number of hydrogen-bond donors (Lipinski definition) is 0. The standard InChI is InChI=1S/C37H52.C5H12/c1-10-14-29-15-17-31(18-16-29)35-24-23-34(26-28(35)6)37(12-3,13-4)33-22-20-30(27(5)25-33)19-21-32(11-2)36(7,8)9;1-5(2,3)4/h15-18,20,22-26,32H,10-14,19,21H2,1-9H3;1-4H3. The lowest BCUT2D eigenvalue weighted by atomic mass is 9.69. The van der Waals surface area contributed by atoms with Gasteiger partial charge in [-0.1, -0.05) is 150 Å². The molecule has 42 heavy (non-hydrogen) atoms. The Labute approximate surface area is 261 Å². The van der Waals surface area contributed by atoms with E-state index < -0.39 is 0 Å². The number of benzene rings is 3. The van der Waals surface area contributed by atoms with E-state index in [1.807, 2.05) is 0 Å². The lowest BCUT2D eigenvalue weighted by molar-refractivity contribution is 0.219. The number of hydrogen-bond acceptors (Lipinski definition) is 0. The van der Waals surface area contributed by atoms with Gasteiger partial charge in [-0.25, -0.2) is 0 Å². The second kappa shape index (κ2) is 15.4. The van der Waals surface area contributed by atoms with E-state index in [0.29, 0.717) is 10.8 Å². The molecule has 1 unspecified atom stereocenters. The van der Waals surface area contributed by atoms with Crippen LogP contribution in [0.2, 0.25) is 0 Å². The maximum atomic E-state index is 2.50. The lowest BCUT2D eigenvalue weighted by Gasteiger charge is -2.34. The van der Waals surface area contributed by atoms with Crippen molar-refractivity contribution < 1.29 is 0 Å². The zero-order valence-electron chi connectivity index (χ0n) is 29.8. The van der Waals surface area contributed by atoms with Gasteiger partial charge in [0.15, 0.2) is 0 Å². The molecule has 0 saturated heterocycles. The fourth-order valence-corrected chi connectivity index (χ4v) is 6.51. The fraction of sp³-hybridized carbons (Fsp3) is 0.571. The molecule has 0 amide bonds. The van der Waals surface area contributed by atoms with Gasteiger partial charge >= 0.3 is 0 Å². The van der Waals surface area contributed by atoms with Gasteiger partial charge in [0, 0.05) is 5.41 Å².